The van der Waals surface area contributed by atoms with E-state index in [1.54, 1.807) is 49.6 Å². The van der Waals surface area contributed by atoms with Gasteiger partial charge in [-0.15, -0.1) is 0 Å². The van der Waals surface area contributed by atoms with Crippen molar-refractivity contribution in [3.05, 3.63) is 84.6 Å². The molecule has 5 heteroatoms. The number of hydrogen-bond donors (Lipinski definition) is 0. The first kappa shape index (κ1) is 18.2. The molecule has 4 rings (SSSR count). The number of nitrogens with zero attached hydrogens (tertiary/aromatic N) is 1. The maximum absolute atomic E-state index is 13.3. The summed E-state index contributed by atoms with van der Waals surface area (Å²) in [6.45, 7) is 1.84. The summed E-state index contributed by atoms with van der Waals surface area (Å²) in [7, 11) is -2.16. The van der Waals surface area contributed by atoms with Crippen molar-refractivity contribution >= 4 is 20.6 Å². The van der Waals surface area contributed by atoms with Crippen molar-refractivity contribution in [2.24, 2.45) is 0 Å². The summed E-state index contributed by atoms with van der Waals surface area (Å²) in [5.41, 5.74) is 2.54. The lowest BCUT2D eigenvalue weighted by molar-refractivity contribution is 0.415. The highest BCUT2D eigenvalue weighted by Crippen LogP contribution is 2.37. The fourth-order valence-electron chi connectivity index (χ4n) is 3.39. The number of sulfone groups is 1. The second-order valence-corrected chi connectivity index (χ2v) is 8.34. The van der Waals surface area contributed by atoms with E-state index in [0.717, 1.165) is 16.5 Å². The Labute approximate surface area is 164 Å². The van der Waals surface area contributed by atoms with Gasteiger partial charge in [0, 0.05) is 16.6 Å². The van der Waals surface area contributed by atoms with Crippen LogP contribution in [0.15, 0.2) is 88.8 Å². The third-order valence-electron chi connectivity index (χ3n) is 4.73. The first-order valence-electron chi connectivity index (χ1n) is 8.86. The number of methoxy groups -OCH3 is 1. The average molecular weight is 389 g/mol. The zero-order chi connectivity index (χ0) is 19.7. The van der Waals surface area contributed by atoms with E-state index in [1.165, 1.54) is 0 Å². The van der Waals surface area contributed by atoms with Gasteiger partial charge in [0.2, 0.25) is 9.84 Å². The number of fused-ring (bicyclic) bond motifs is 1. The van der Waals surface area contributed by atoms with Crippen LogP contribution in [-0.4, -0.2) is 20.5 Å². The third kappa shape index (κ3) is 3.04. The van der Waals surface area contributed by atoms with Gasteiger partial charge in [-0.3, -0.25) is 0 Å². The van der Waals surface area contributed by atoms with Crippen LogP contribution in [0, 0.1) is 6.92 Å². The van der Waals surface area contributed by atoms with Crippen molar-refractivity contribution in [2.75, 3.05) is 7.11 Å². The molecule has 0 aliphatic carbocycles. The minimum atomic E-state index is -3.76. The zero-order valence-corrected chi connectivity index (χ0v) is 16.4. The molecule has 0 aliphatic rings. The van der Waals surface area contributed by atoms with E-state index >= 15 is 0 Å². The molecule has 0 radical (unpaired) electrons. The van der Waals surface area contributed by atoms with E-state index in [2.05, 4.69) is 4.98 Å². The Morgan fingerprint density at radius 3 is 2.11 bits per heavy atom. The molecule has 0 atom stereocenters. The van der Waals surface area contributed by atoms with Crippen molar-refractivity contribution < 1.29 is 13.2 Å². The molecule has 0 bridgehead atoms. The van der Waals surface area contributed by atoms with Crippen molar-refractivity contribution in [1.82, 2.24) is 4.98 Å². The first-order chi connectivity index (χ1) is 13.5. The average Bonchev–Trinajstić information content (AvgIpc) is 2.74. The van der Waals surface area contributed by atoms with E-state index in [9.17, 15) is 8.42 Å². The van der Waals surface area contributed by atoms with Crippen molar-refractivity contribution in [3.63, 3.8) is 0 Å². The maximum Gasteiger partial charge on any atom is 0.224 e. The van der Waals surface area contributed by atoms with Crippen LogP contribution in [0.3, 0.4) is 0 Å². The van der Waals surface area contributed by atoms with Gasteiger partial charge in [-0.2, -0.15) is 0 Å². The van der Waals surface area contributed by atoms with Gasteiger partial charge in [-0.1, -0.05) is 48.5 Å². The van der Waals surface area contributed by atoms with Crippen LogP contribution in [0.4, 0.5) is 0 Å². The molecule has 0 N–H and O–H groups in total. The van der Waals surface area contributed by atoms with Crippen molar-refractivity contribution in [3.8, 4) is 16.9 Å². The van der Waals surface area contributed by atoms with Gasteiger partial charge < -0.3 is 4.74 Å². The second kappa shape index (κ2) is 7.09. The van der Waals surface area contributed by atoms with Gasteiger partial charge in [-0.25, -0.2) is 13.4 Å². The van der Waals surface area contributed by atoms with Crippen LogP contribution < -0.4 is 4.74 Å². The predicted molar refractivity (Wildman–Crippen MR) is 110 cm³/mol. The van der Waals surface area contributed by atoms with Crippen molar-refractivity contribution in [2.45, 2.75) is 16.8 Å². The van der Waals surface area contributed by atoms with Crippen LogP contribution in [0.25, 0.3) is 21.9 Å². The summed E-state index contributed by atoms with van der Waals surface area (Å²) in [4.78, 5) is 4.78. The predicted octanol–water partition coefficient (Wildman–Crippen LogP) is 5.05. The molecule has 0 fully saturated rings. The molecule has 1 aromatic heterocycles. The van der Waals surface area contributed by atoms with E-state index in [0.29, 0.717) is 16.8 Å². The van der Waals surface area contributed by atoms with Crippen molar-refractivity contribution in [1.29, 1.82) is 0 Å². The standard InChI is InChI=1S/C23H19NO3S/c1-16-22(17-9-5-3-6-10-17)21-15-18(27-2)13-14-20(21)23(24-16)28(25,26)19-11-7-4-8-12-19/h3-15H,1-2H3. The highest BCUT2D eigenvalue weighted by molar-refractivity contribution is 7.91. The van der Waals surface area contributed by atoms with Crippen LogP contribution in [0.1, 0.15) is 5.69 Å². The number of aryl methyl sites for hydroxylation is 1. The highest BCUT2D eigenvalue weighted by atomic mass is 32.2. The van der Waals surface area contributed by atoms with Gasteiger partial charge >= 0.3 is 0 Å². The fourth-order valence-corrected chi connectivity index (χ4v) is 4.86. The fraction of sp³-hybridized carbons (Fsp3) is 0.0870. The molecule has 0 spiro atoms. The molecule has 3 aromatic carbocycles. The lowest BCUT2D eigenvalue weighted by atomic mass is 9.98. The Morgan fingerprint density at radius 1 is 0.821 bits per heavy atom. The summed E-state index contributed by atoms with van der Waals surface area (Å²) in [6, 6.07) is 23.6. The normalized spacial score (nSPS) is 11.5. The van der Waals surface area contributed by atoms with E-state index < -0.39 is 9.84 Å². The number of hydrogen-bond acceptors (Lipinski definition) is 4. The van der Waals surface area contributed by atoms with Crippen LogP contribution in [0.5, 0.6) is 5.75 Å². The number of benzene rings is 3. The Balaban J connectivity index is 2.09. The number of pyridine rings is 1. The summed E-state index contributed by atoms with van der Waals surface area (Å²) in [5.74, 6) is 0.665. The molecule has 1 heterocycles. The van der Waals surface area contributed by atoms with Gasteiger partial charge in [0.05, 0.1) is 12.0 Å². The van der Waals surface area contributed by atoms with Gasteiger partial charge in [0.1, 0.15) is 5.75 Å². The molecule has 4 aromatic rings. The molecule has 0 amide bonds. The quantitative estimate of drug-likeness (QED) is 0.490. The Morgan fingerprint density at radius 2 is 1.46 bits per heavy atom. The third-order valence-corrected chi connectivity index (χ3v) is 6.44. The van der Waals surface area contributed by atoms with Gasteiger partial charge in [-0.05, 0) is 48.2 Å². The minimum absolute atomic E-state index is 0.0635. The molecule has 4 nitrogen and oxygen atoms in total. The minimum Gasteiger partial charge on any atom is -0.497 e. The Bertz CT molecular complexity index is 1250. The summed E-state index contributed by atoms with van der Waals surface area (Å²) in [5, 5.41) is 1.44. The van der Waals surface area contributed by atoms with Crippen LogP contribution in [0.2, 0.25) is 0 Å². The maximum atomic E-state index is 13.3. The number of aromatic nitrogens is 1. The summed E-state index contributed by atoms with van der Waals surface area (Å²) < 4.78 is 32.0. The second-order valence-electron chi connectivity index (χ2n) is 6.47. The molecule has 140 valence electrons. The molecule has 0 unspecified atom stereocenters. The SMILES string of the molecule is COc1ccc2c(S(=O)(=O)c3ccccc3)nc(C)c(-c3ccccc3)c2c1. The molecule has 28 heavy (non-hydrogen) atoms. The largest absolute Gasteiger partial charge is 0.497 e. The number of ether oxygens (including phenoxy) is 1. The smallest absolute Gasteiger partial charge is 0.224 e. The topological polar surface area (TPSA) is 56.3 Å². The van der Waals surface area contributed by atoms with E-state index in [-0.39, 0.29) is 9.92 Å². The van der Waals surface area contributed by atoms with E-state index in [4.69, 9.17) is 4.74 Å². The lowest BCUT2D eigenvalue weighted by Gasteiger charge is -2.15. The summed E-state index contributed by atoms with van der Waals surface area (Å²) >= 11 is 0. The molecule has 0 saturated heterocycles. The van der Waals surface area contributed by atoms with E-state index in [1.807, 2.05) is 43.3 Å². The summed E-state index contributed by atoms with van der Waals surface area (Å²) in [6.07, 6.45) is 0. The molecule has 0 saturated carbocycles. The zero-order valence-electron chi connectivity index (χ0n) is 15.6. The van der Waals surface area contributed by atoms with Gasteiger partial charge in [0.15, 0.2) is 5.03 Å². The Kier molecular flexibility index (Phi) is 4.61. The van der Waals surface area contributed by atoms with Gasteiger partial charge in [0.25, 0.3) is 0 Å². The number of rotatable bonds is 4. The lowest BCUT2D eigenvalue weighted by Crippen LogP contribution is -2.07. The monoisotopic (exact) mass is 389 g/mol. The highest BCUT2D eigenvalue weighted by Gasteiger charge is 2.25. The molecular formula is C23H19NO3S. The Hall–Kier alpha value is -3.18. The van der Waals surface area contributed by atoms with Crippen LogP contribution >= 0.6 is 0 Å². The van der Waals surface area contributed by atoms with Crippen LogP contribution in [-0.2, 0) is 9.84 Å². The molecule has 0 aliphatic heterocycles. The first-order valence-corrected chi connectivity index (χ1v) is 10.3. The molecular weight excluding hydrogens is 370 g/mol.